The third-order valence-electron chi connectivity index (χ3n) is 5.55. The molecule has 2 amide bonds. The van der Waals surface area contributed by atoms with E-state index >= 15 is 0 Å². The van der Waals surface area contributed by atoms with Crippen LogP contribution in [0.25, 0.3) is 0 Å². The Morgan fingerprint density at radius 1 is 1.13 bits per heavy atom. The summed E-state index contributed by atoms with van der Waals surface area (Å²) in [6, 6.07) is 9.66. The van der Waals surface area contributed by atoms with Gasteiger partial charge in [0, 0.05) is 6.42 Å². The van der Waals surface area contributed by atoms with E-state index in [4.69, 9.17) is 5.73 Å². The highest BCUT2D eigenvalue weighted by molar-refractivity contribution is 8.00. The van der Waals surface area contributed by atoms with E-state index in [1.54, 1.807) is 6.07 Å². The highest BCUT2D eigenvalue weighted by Gasteiger charge is 2.42. The molecule has 1 aromatic heterocycles. The van der Waals surface area contributed by atoms with Crippen LogP contribution in [0.1, 0.15) is 53.0 Å². The lowest BCUT2D eigenvalue weighted by Gasteiger charge is -2.17. The largest absolute Gasteiger partial charge is 0.383 e. The number of thioether (sulfide) groups is 1. The number of imide groups is 1. The number of pyridine rings is 1. The van der Waals surface area contributed by atoms with Crippen molar-refractivity contribution < 1.29 is 9.59 Å². The summed E-state index contributed by atoms with van der Waals surface area (Å²) in [4.78, 5) is 31.1. The zero-order valence-electron chi connectivity index (χ0n) is 16.6. The Labute approximate surface area is 178 Å². The molecule has 1 atom stereocenters. The molecule has 2 N–H and O–H groups in total. The van der Waals surface area contributed by atoms with Crippen LogP contribution < -0.4 is 10.6 Å². The van der Waals surface area contributed by atoms with Crippen molar-refractivity contribution in [2.24, 2.45) is 0 Å². The molecule has 2 aliphatic rings. The Bertz CT molecular complexity index is 1170. The van der Waals surface area contributed by atoms with Crippen molar-refractivity contribution >= 4 is 35.1 Å². The van der Waals surface area contributed by atoms with E-state index < -0.39 is 5.25 Å². The third-order valence-corrected chi connectivity index (χ3v) is 6.72. The molecular formula is C22H19N5O2S. The predicted octanol–water partition coefficient (Wildman–Crippen LogP) is 3.33. The van der Waals surface area contributed by atoms with E-state index in [1.165, 1.54) is 4.90 Å². The van der Waals surface area contributed by atoms with Gasteiger partial charge in [0.2, 0.25) is 11.8 Å². The smallest absolute Gasteiger partial charge is 0.247 e. The molecule has 1 aromatic carbocycles. The molecule has 0 unspecified atom stereocenters. The second-order valence-corrected chi connectivity index (χ2v) is 8.80. The average molecular weight is 417 g/mol. The minimum atomic E-state index is -0.696. The lowest BCUT2D eigenvalue weighted by Crippen LogP contribution is -2.31. The first kappa shape index (κ1) is 19.9. The van der Waals surface area contributed by atoms with Crippen molar-refractivity contribution in [3.8, 4) is 12.1 Å². The quantitative estimate of drug-likeness (QED) is 0.757. The summed E-state index contributed by atoms with van der Waals surface area (Å²) < 4.78 is 0. The highest BCUT2D eigenvalue weighted by atomic mass is 32.2. The van der Waals surface area contributed by atoms with Crippen LogP contribution in [0.5, 0.6) is 0 Å². The maximum absolute atomic E-state index is 13.0. The number of carbonyl (C=O) groups is 2. The Hall–Kier alpha value is -3.36. The SMILES string of the molecule is Cc1ccc(N2C(=O)C[C@H](Sc3nc(N)c(C#N)c(C4CC4)c3C#N)C2=O)cc1C. The maximum Gasteiger partial charge on any atom is 0.247 e. The number of rotatable bonds is 4. The molecule has 1 saturated carbocycles. The number of nitrogens with two attached hydrogens (primary N) is 1. The number of amides is 2. The number of aromatic nitrogens is 1. The van der Waals surface area contributed by atoms with Crippen molar-refractivity contribution in [1.29, 1.82) is 10.5 Å². The monoisotopic (exact) mass is 417 g/mol. The number of nitrogen functional groups attached to an aromatic ring is 1. The van der Waals surface area contributed by atoms with E-state index in [2.05, 4.69) is 17.1 Å². The van der Waals surface area contributed by atoms with Gasteiger partial charge in [-0.1, -0.05) is 17.8 Å². The van der Waals surface area contributed by atoms with Gasteiger partial charge in [-0.2, -0.15) is 10.5 Å². The molecule has 2 fully saturated rings. The van der Waals surface area contributed by atoms with Gasteiger partial charge in [-0.3, -0.25) is 9.59 Å². The summed E-state index contributed by atoms with van der Waals surface area (Å²) in [6.07, 6.45) is 1.79. The number of benzene rings is 1. The molecule has 7 nitrogen and oxygen atoms in total. The second kappa shape index (κ2) is 7.47. The van der Waals surface area contributed by atoms with Crippen molar-refractivity contribution in [2.45, 2.75) is 49.3 Å². The minimum absolute atomic E-state index is 0.0155. The van der Waals surface area contributed by atoms with Crippen LogP contribution in [0.15, 0.2) is 23.2 Å². The van der Waals surface area contributed by atoms with Crippen LogP contribution in [0.3, 0.4) is 0 Å². The molecule has 1 saturated heterocycles. The Morgan fingerprint density at radius 2 is 1.83 bits per heavy atom. The first-order chi connectivity index (χ1) is 14.3. The van der Waals surface area contributed by atoms with Gasteiger partial charge in [-0.15, -0.1) is 0 Å². The highest BCUT2D eigenvalue weighted by Crippen LogP contribution is 2.46. The number of aryl methyl sites for hydroxylation is 2. The van der Waals surface area contributed by atoms with Crippen LogP contribution >= 0.6 is 11.8 Å². The summed E-state index contributed by atoms with van der Waals surface area (Å²) in [6.45, 7) is 3.89. The topological polar surface area (TPSA) is 124 Å². The van der Waals surface area contributed by atoms with Gasteiger partial charge in [-0.25, -0.2) is 9.88 Å². The molecule has 30 heavy (non-hydrogen) atoms. The summed E-state index contributed by atoms with van der Waals surface area (Å²) in [7, 11) is 0. The van der Waals surface area contributed by atoms with E-state index in [0.717, 1.165) is 35.7 Å². The number of anilines is 2. The minimum Gasteiger partial charge on any atom is -0.383 e. The molecular weight excluding hydrogens is 398 g/mol. The van der Waals surface area contributed by atoms with Crippen LogP contribution in [-0.2, 0) is 9.59 Å². The van der Waals surface area contributed by atoms with Crippen molar-refractivity contribution in [1.82, 2.24) is 4.98 Å². The van der Waals surface area contributed by atoms with Gasteiger partial charge in [0.25, 0.3) is 0 Å². The van der Waals surface area contributed by atoms with Gasteiger partial charge in [0.1, 0.15) is 23.0 Å². The number of hydrogen-bond donors (Lipinski definition) is 1. The van der Waals surface area contributed by atoms with Gasteiger partial charge in [0.15, 0.2) is 0 Å². The Morgan fingerprint density at radius 3 is 2.43 bits per heavy atom. The van der Waals surface area contributed by atoms with Gasteiger partial charge in [0.05, 0.1) is 22.1 Å². The summed E-state index contributed by atoms with van der Waals surface area (Å²) in [5.41, 5.74) is 9.75. The molecule has 150 valence electrons. The standard InChI is InChI=1S/C22H19N5O2S/c1-11-3-6-14(7-12(11)2)27-18(28)8-17(22(27)29)30-21-16(10-24)19(13-4-5-13)15(9-23)20(25)26-21/h3,6-7,13,17H,4-5,8H2,1-2H3,(H2,25,26)/t17-/m0/s1. The van der Waals surface area contributed by atoms with Crippen LogP contribution in [0, 0.1) is 36.5 Å². The normalized spacial score (nSPS) is 18.4. The van der Waals surface area contributed by atoms with E-state index in [9.17, 15) is 20.1 Å². The average Bonchev–Trinajstić information content (AvgIpc) is 3.50. The number of carbonyl (C=O) groups excluding carboxylic acids is 2. The third kappa shape index (κ3) is 3.30. The number of hydrogen-bond acceptors (Lipinski definition) is 7. The molecule has 4 rings (SSSR count). The second-order valence-electron chi connectivity index (χ2n) is 7.61. The zero-order valence-corrected chi connectivity index (χ0v) is 17.4. The fraction of sp³-hybridized carbons (Fsp3) is 0.318. The number of nitrogens with zero attached hydrogens (tertiary/aromatic N) is 4. The van der Waals surface area contributed by atoms with Gasteiger partial charge >= 0.3 is 0 Å². The van der Waals surface area contributed by atoms with Gasteiger partial charge < -0.3 is 5.73 Å². The summed E-state index contributed by atoms with van der Waals surface area (Å²) in [5.74, 6) is -0.450. The zero-order chi connectivity index (χ0) is 21.6. The molecule has 1 aliphatic heterocycles. The fourth-order valence-electron chi connectivity index (χ4n) is 3.66. The summed E-state index contributed by atoms with van der Waals surface area (Å²) in [5, 5.41) is 18.8. The molecule has 2 aromatic rings. The first-order valence-electron chi connectivity index (χ1n) is 9.60. The molecule has 0 bridgehead atoms. The molecule has 8 heteroatoms. The van der Waals surface area contributed by atoms with Crippen molar-refractivity contribution in [2.75, 3.05) is 10.6 Å². The summed E-state index contributed by atoms with van der Waals surface area (Å²) >= 11 is 1.08. The lowest BCUT2D eigenvalue weighted by atomic mass is 10.0. The van der Waals surface area contributed by atoms with Crippen molar-refractivity contribution in [3.05, 3.63) is 46.0 Å². The van der Waals surface area contributed by atoms with E-state index in [1.807, 2.05) is 26.0 Å². The van der Waals surface area contributed by atoms with Crippen LogP contribution in [-0.4, -0.2) is 22.0 Å². The molecule has 0 radical (unpaired) electrons. The van der Waals surface area contributed by atoms with Gasteiger partial charge in [-0.05, 0) is 61.4 Å². The van der Waals surface area contributed by atoms with Crippen LogP contribution in [0.4, 0.5) is 11.5 Å². The van der Waals surface area contributed by atoms with E-state index in [0.29, 0.717) is 16.3 Å². The first-order valence-corrected chi connectivity index (χ1v) is 10.5. The van der Waals surface area contributed by atoms with Crippen molar-refractivity contribution in [3.63, 3.8) is 0 Å². The van der Waals surface area contributed by atoms with E-state index in [-0.39, 0.29) is 41.1 Å². The molecule has 0 spiro atoms. The van der Waals surface area contributed by atoms with Crippen LogP contribution in [0.2, 0.25) is 0 Å². The lowest BCUT2D eigenvalue weighted by molar-refractivity contribution is -0.121. The molecule has 2 heterocycles. The maximum atomic E-state index is 13.0. The predicted molar refractivity (Wildman–Crippen MR) is 113 cm³/mol. The Balaban J connectivity index is 1.68. The fourth-order valence-corrected chi connectivity index (χ4v) is 4.78. The Kier molecular flexibility index (Phi) is 4.97. The molecule has 1 aliphatic carbocycles. The number of nitriles is 2.